The van der Waals surface area contributed by atoms with E-state index in [0.717, 1.165) is 53.7 Å². The molecule has 1 heterocycles. The second-order valence-electron chi connectivity index (χ2n) is 9.95. The molecule has 3 aromatic rings. The van der Waals surface area contributed by atoms with Crippen LogP contribution in [-0.2, 0) is 31.2 Å². The Labute approximate surface area is 258 Å². The van der Waals surface area contributed by atoms with Crippen LogP contribution >= 0.6 is 11.9 Å². The fourth-order valence-corrected chi connectivity index (χ4v) is 4.94. The zero-order valence-corrected chi connectivity index (χ0v) is 26.6. The van der Waals surface area contributed by atoms with E-state index in [9.17, 15) is 18.0 Å². The lowest BCUT2D eigenvalue weighted by Gasteiger charge is -2.26. The molecule has 1 aliphatic carbocycles. The highest BCUT2D eigenvalue weighted by molar-refractivity contribution is 8.01. The molecule has 0 saturated carbocycles. The van der Waals surface area contributed by atoms with Crippen LogP contribution in [0, 0.1) is 11.6 Å². The summed E-state index contributed by atoms with van der Waals surface area (Å²) in [7, 11) is 1.90. The Morgan fingerprint density at radius 2 is 1.84 bits per heavy atom. The number of benzene rings is 2. The summed E-state index contributed by atoms with van der Waals surface area (Å²) in [6, 6.07) is 9.74. The number of aromatic nitrogens is 2. The van der Waals surface area contributed by atoms with Gasteiger partial charge < -0.3 is 9.47 Å². The first-order chi connectivity index (χ1) is 20.6. The highest BCUT2D eigenvalue weighted by Gasteiger charge is 2.24. The van der Waals surface area contributed by atoms with E-state index in [4.69, 9.17) is 5.14 Å². The molecule has 232 valence electrons. The minimum absolute atomic E-state index is 0.115. The molecule has 1 aromatic heterocycles. The smallest absolute Gasteiger partial charge is 0.228 e. The minimum atomic E-state index is -0.621. The van der Waals surface area contributed by atoms with Gasteiger partial charge in [0, 0.05) is 42.5 Å². The van der Waals surface area contributed by atoms with Gasteiger partial charge in [0.15, 0.2) is 0 Å². The minimum Gasteiger partial charge on any atom is -0.337 e. The second-order valence-corrected chi connectivity index (χ2v) is 10.7. The summed E-state index contributed by atoms with van der Waals surface area (Å²) >= 11 is 1.08. The van der Waals surface area contributed by atoms with Crippen LogP contribution in [0.3, 0.4) is 0 Å². The van der Waals surface area contributed by atoms with E-state index in [1.807, 2.05) is 44.6 Å². The Kier molecular flexibility index (Phi) is 15.1. The molecule has 0 aliphatic heterocycles. The normalized spacial score (nSPS) is 13.3. The number of rotatable bonds is 9. The first-order valence-corrected chi connectivity index (χ1v) is 15.4. The van der Waals surface area contributed by atoms with Gasteiger partial charge in [0.2, 0.25) is 5.91 Å². The summed E-state index contributed by atoms with van der Waals surface area (Å²) in [5, 5.41) is 5.21. The van der Waals surface area contributed by atoms with E-state index in [1.165, 1.54) is 35.8 Å². The Balaban J connectivity index is 0.000000459. The quantitative estimate of drug-likeness (QED) is 0.194. The molecule has 2 aromatic carbocycles. The van der Waals surface area contributed by atoms with Crippen LogP contribution in [0.25, 0.3) is 0 Å². The molecule has 0 saturated heterocycles. The van der Waals surface area contributed by atoms with Gasteiger partial charge in [-0.05, 0) is 97.5 Å². The van der Waals surface area contributed by atoms with E-state index in [2.05, 4.69) is 23.7 Å². The van der Waals surface area contributed by atoms with Crippen molar-refractivity contribution in [3.05, 3.63) is 118 Å². The first kappa shape index (κ1) is 35.6. The lowest BCUT2D eigenvalue weighted by atomic mass is 9.91. The molecule has 1 aliphatic rings. The van der Waals surface area contributed by atoms with Gasteiger partial charge in [-0.2, -0.15) is 0 Å². The summed E-state index contributed by atoms with van der Waals surface area (Å²) in [5.74, 6) is -1.43. The molecule has 0 radical (unpaired) electrons. The van der Waals surface area contributed by atoms with E-state index < -0.39 is 17.5 Å². The number of nitrogens with zero attached hydrogens (tertiary/aromatic N) is 3. The van der Waals surface area contributed by atoms with Crippen molar-refractivity contribution in [2.75, 3.05) is 4.90 Å². The van der Waals surface area contributed by atoms with E-state index >= 15 is 0 Å². The average Bonchev–Trinajstić information content (AvgIpc) is 3.41. The summed E-state index contributed by atoms with van der Waals surface area (Å²) in [6.45, 7) is 11.0. The van der Waals surface area contributed by atoms with Gasteiger partial charge in [-0.1, -0.05) is 45.6 Å². The maximum Gasteiger partial charge on any atom is 0.228 e. The number of halogens is 3. The number of imidazole rings is 1. The number of carbonyl (C=O) groups excluding carboxylic acids is 1. The van der Waals surface area contributed by atoms with Crippen molar-refractivity contribution in [2.45, 2.75) is 72.3 Å². The van der Waals surface area contributed by atoms with E-state index in [1.54, 1.807) is 30.2 Å². The third kappa shape index (κ3) is 10.9. The molecule has 43 heavy (non-hydrogen) atoms. The van der Waals surface area contributed by atoms with Crippen LogP contribution in [0.1, 0.15) is 75.4 Å². The molecule has 5 nitrogen and oxygen atoms in total. The summed E-state index contributed by atoms with van der Waals surface area (Å²) in [4.78, 5) is 20.3. The molecular formula is C34H43F3N4OS. The van der Waals surface area contributed by atoms with Crippen LogP contribution < -0.4 is 10.0 Å². The lowest BCUT2D eigenvalue weighted by Crippen LogP contribution is -2.32. The highest BCUT2D eigenvalue weighted by atomic mass is 32.2. The number of nitrogens with two attached hydrogens (primary N) is 1. The Bertz CT molecular complexity index is 1420. The molecule has 1 unspecified atom stereocenters. The molecule has 4 rings (SSSR count). The number of amides is 1. The van der Waals surface area contributed by atoms with Crippen molar-refractivity contribution >= 4 is 23.5 Å². The Morgan fingerprint density at radius 3 is 2.42 bits per heavy atom. The summed E-state index contributed by atoms with van der Waals surface area (Å²) < 4.78 is 41.4. The van der Waals surface area contributed by atoms with Crippen LogP contribution in [0.15, 0.2) is 84.3 Å². The number of hydrogen-bond acceptors (Lipinski definition) is 4. The van der Waals surface area contributed by atoms with E-state index in [0.29, 0.717) is 12.1 Å². The Hall–Kier alpha value is -3.56. The van der Waals surface area contributed by atoms with Crippen molar-refractivity contribution in [3.8, 4) is 0 Å². The third-order valence-corrected chi connectivity index (χ3v) is 7.63. The van der Waals surface area contributed by atoms with Crippen LogP contribution in [0.4, 0.5) is 18.9 Å². The standard InChI is InChI=1S/C25H27F2N3O.C7H10FNS.C2H6/c1-17(22-10-8-20(26)15-23(22)27)13-25(31)30(16-24-28-11-12-29(24)2)21-9-7-18-5-3-4-6-19(18)14-21;1-3-7(10-9)5-4-6(2)8;1-2/h7-12,14-15,17H,3-6,13,16H2,1-2H3;3-5H,2,9H2,1H3;1-2H3/b;5-4-,7-3+;. The van der Waals surface area contributed by atoms with Gasteiger partial charge >= 0.3 is 0 Å². The van der Waals surface area contributed by atoms with Crippen LogP contribution in [-0.4, -0.2) is 15.5 Å². The molecule has 0 spiro atoms. The zero-order chi connectivity index (χ0) is 31.9. The van der Waals surface area contributed by atoms with Gasteiger partial charge in [0.25, 0.3) is 0 Å². The Morgan fingerprint density at radius 1 is 1.14 bits per heavy atom. The van der Waals surface area contributed by atoms with Crippen molar-refractivity contribution in [1.29, 1.82) is 0 Å². The maximum atomic E-state index is 14.2. The number of allylic oxidation sites excluding steroid dienone is 4. The highest BCUT2D eigenvalue weighted by Crippen LogP contribution is 2.29. The van der Waals surface area contributed by atoms with Gasteiger partial charge in [-0.3, -0.25) is 9.93 Å². The molecule has 2 N–H and O–H groups in total. The third-order valence-electron chi connectivity index (χ3n) is 6.99. The number of anilines is 1. The summed E-state index contributed by atoms with van der Waals surface area (Å²) in [6.07, 6.45) is 12.8. The fourth-order valence-electron chi connectivity index (χ4n) is 4.66. The van der Waals surface area contributed by atoms with Crippen molar-refractivity contribution < 1.29 is 18.0 Å². The summed E-state index contributed by atoms with van der Waals surface area (Å²) in [5.41, 5.74) is 3.82. The van der Waals surface area contributed by atoms with Gasteiger partial charge in [0.05, 0.1) is 6.54 Å². The molecule has 0 bridgehead atoms. The van der Waals surface area contributed by atoms with Crippen LogP contribution in [0.2, 0.25) is 0 Å². The molecule has 1 amide bonds. The van der Waals surface area contributed by atoms with Crippen molar-refractivity contribution in [3.63, 3.8) is 0 Å². The predicted octanol–water partition coefficient (Wildman–Crippen LogP) is 8.87. The monoisotopic (exact) mass is 612 g/mol. The largest absolute Gasteiger partial charge is 0.337 e. The fraction of sp³-hybridized carbons (Fsp3) is 0.353. The predicted molar refractivity (Wildman–Crippen MR) is 173 cm³/mol. The topological polar surface area (TPSA) is 64.2 Å². The van der Waals surface area contributed by atoms with E-state index in [-0.39, 0.29) is 18.2 Å². The molecule has 0 fully saturated rings. The van der Waals surface area contributed by atoms with Crippen LogP contribution in [0.5, 0.6) is 0 Å². The van der Waals surface area contributed by atoms with Crippen molar-refractivity contribution in [1.82, 2.24) is 9.55 Å². The SMILES string of the molecule is C=C(F)/C=C\C(=C/C)SN.CC.CC(CC(=O)N(Cc1nccn1C)c1ccc2c(c1)CCCC2)c1ccc(F)cc1F. The van der Waals surface area contributed by atoms with Crippen molar-refractivity contribution in [2.24, 2.45) is 12.2 Å². The number of aryl methyl sites for hydroxylation is 3. The van der Waals surface area contributed by atoms with Gasteiger partial charge in [0.1, 0.15) is 23.3 Å². The average molecular weight is 613 g/mol. The zero-order valence-electron chi connectivity index (χ0n) is 25.7. The second kappa shape index (κ2) is 18.2. The molecule has 9 heteroatoms. The van der Waals surface area contributed by atoms with Gasteiger partial charge in [-0.15, -0.1) is 0 Å². The first-order valence-electron chi connectivity index (χ1n) is 14.5. The maximum absolute atomic E-state index is 14.2. The number of hydrogen-bond donors (Lipinski definition) is 1. The molecular weight excluding hydrogens is 569 g/mol. The number of carbonyl (C=O) groups is 1. The lowest BCUT2D eigenvalue weighted by molar-refractivity contribution is -0.119. The molecule has 1 atom stereocenters. The van der Waals surface area contributed by atoms with Gasteiger partial charge in [-0.25, -0.2) is 18.2 Å². The number of fused-ring (bicyclic) bond motifs is 1.